The molecular formula is C10H10BrF3. The van der Waals surface area contributed by atoms with Crippen LogP contribution in [-0.4, -0.2) is 6.18 Å². The van der Waals surface area contributed by atoms with Crippen LogP contribution in [0.1, 0.15) is 21.5 Å². The zero-order valence-corrected chi connectivity index (χ0v) is 9.41. The highest BCUT2D eigenvalue weighted by molar-refractivity contribution is 9.09. The van der Waals surface area contributed by atoms with Gasteiger partial charge in [-0.25, -0.2) is 0 Å². The maximum absolute atomic E-state index is 12.4. The number of halogens is 4. The molecule has 0 aliphatic heterocycles. The van der Waals surface area contributed by atoms with Gasteiger partial charge in [0.15, 0.2) is 0 Å². The Labute approximate surface area is 89.3 Å². The van der Waals surface area contributed by atoms with Crippen molar-refractivity contribution in [3.8, 4) is 0 Å². The molecule has 1 rings (SSSR count). The van der Waals surface area contributed by atoms with Crippen LogP contribution in [0.25, 0.3) is 0 Å². The summed E-state index contributed by atoms with van der Waals surface area (Å²) in [5.74, 6) is 0. The molecule has 0 aliphatic carbocycles. The number of hydrogen-bond donors (Lipinski definition) is 0. The third-order valence-electron chi connectivity index (χ3n) is 2.00. The van der Waals surface area contributed by atoms with E-state index in [1.807, 2.05) is 0 Å². The number of hydrogen-bond acceptors (Lipinski definition) is 0. The van der Waals surface area contributed by atoms with E-state index in [9.17, 15) is 13.2 Å². The van der Waals surface area contributed by atoms with Gasteiger partial charge in [-0.05, 0) is 25.0 Å². The molecule has 0 heterocycles. The average Bonchev–Trinajstić information content (AvgIpc) is 2.06. The van der Waals surface area contributed by atoms with Crippen molar-refractivity contribution in [3.05, 3.63) is 34.9 Å². The number of benzene rings is 1. The van der Waals surface area contributed by atoms with E-state index >= 15 is 0 Å². The number of aryl methyl sites for hydroxylation is 2. The van der Waals surface area contributed by atoms with E-state index in [-0.39, 0.29) is 5.56 Å². The van der Waals surface area contributed by atoms with Gasteiger partial charge in [-0.2, -0.15) is 13.2 Å². The molecule has 0 saturated heterocycles. The van der Waals surface area contributed by atoms with E-state index in [2.05, 4.69) is 15.9 Å². The van der Waals surface area contributed by atoms with Crippen molar-refractivity contribution in [1.29, 1.82) is 0 Å². The van der Waals surface area contributed by atoms with Crippen molar-refractivity contribution in [2.45, 2.75) is 24.9 Å². The third kappa shape index (κ3) is 2.50. The molecule has 4 heteroatoms. The molecule has 0 radical (unpaired) electrons. The van der Waals surface area contributed by atoms with Crippen LogP contribution in [0.15, 0.2) is 18.2 Å². The SMILES string of the molecule is Cc1ccc(C)c(C(Br)C(F)(F)F)c1. The maximum atomic E-state index is 12.4. The van der Waals surface area contributed by atoms with Crippen molar-refractivity contribution in [2.75, 3.05) is 0 Å². The first-order chi connectivity index (χ1) is 6.32. The van der Waals surface area contributed by atoms with E-state index in [0.29, 0.717) is 5.56 Å². The molecule has 0 saturated carbocycles. The third-order valence-corrected chi connectivity index (χ3v) is 3.01. The summed E-state index contributed by atoms with van der Waals surface area (Å²) < 4.78 is 37.2. The Hall–Kier alpha value is -0.510. The Balaban J connectivity index is 3.12. The normalized spacial score (nSPS) is 14.1. The highest BCUT2D eigenvalue weighted by atomic mass is 79.9. The summed E-state index contributed by atoms with van der Waals surface area (Å²) in [6.07, 6.45) is -4.24. The van der Waals surface area contributed by atoms with Gasteiger partial charge in [-0.15, -0.1) is 0 Å². The zero-order chi connectivity index (χ0) is 10.9. The minimum absolute atomic E-state index is 0.289. The van der Waals surface area contributed by atoms with E-state index < -0.39 is 11.0 Å². The Morgan fingerprint density at radius 2 is 1.79 bits per heavy atom. The van der Waals surface area contributed by atoms with E-state index in [1.165, 1.54) is 0 Å². The monoisotopic (exact) mass is 266 g/mol. The van der Waals surface area contributed by atoms with Crippen molar-refractivity contribution in [1.82, 2.24) is 0 Å². The highest BCUT2D eigenvalue weighted by Gasteiger charge is 2.39. The summed E-state index contributed by atoms with van der Waals surface area (Å²) >= 11 is 2.67. The maximum Gasteiger partial charge on any atom is 0.405 e. The molecule has 1 unspecified atom stereocenters. The summed E-state index contributed by atoms with van der Waals surface area (Å²) in [6, 6.07) is 5.06. The van der Waals surface area contributed by atoms with Crippen LogP contribution in [0, 0.1) is 13.8 Å². The minimum Gasteiger partial charge on any atom is -0.169 e. The molecule has 1 aromatic carbocycles. The summed E-state index contributed by atoms with van der Waals surface area (Å²) in [6.45, 7) is 3.45. The number of alkyl halides is 4. The van der Waals surface area contributed by atoms with Crippen LogP contribution in [0.5, 0.6) is 0 Å². The van der Waals surface area contributed by atoms with Gasteiger partial charge in [-0.1, -0.05) is 39.7 Å². The lowest BCUT2D eigenvalue weighted by molar-refractivity contribution is -0.128. The first kappa shape index (κ1) is 11.6. The van der Waals surface area contributed by atoms with Crippen LogP contribution >= 0.6 is 15.9 Å². The molecule has 0 nitrogen and oxygen atoms in total. The Bertz CT molecular complexity index is 331. The van der Waals surface area contributed by atoms with Crippen LogP contribution < -0.4 is 0 Å². The molecule has 14 heavy (non-hydrogen) atoms. The lowest BCUT2D eigenvalue weighted by Crippen LogP contribution is -2.16. The average molecular weight is 267 g/mol. The lowest BCUT2D eigenvalue weighted by Gasteiger charge is -2.16. The fourth-order valence-corrected chi connectivity index (χ4v) is 1.70. The van der Waals surface area contributed by atoms with Gasteiger partial charge in [0.1, 0.15) is 4.83 Å². The van der Waals surface area contributed by atoms with Gasteiger partial charge in [0.05, 0.1) is 0 Å². The van der Waals surface area contributed by atoms with Gasteiger partial charge in [-0.3, -0.25) is 0 Å². The van der Waals surface area contributed by atoms with E-state index in [4.69, 9.17) is 0 Å². The second kappa shape index (κ2) is 3.93. The summed E-state index contributed by atoms with van der Waals surface area (Å²) in [5, 5.41) is 0. The minimum atomic E-state index is -4.24. The molecular weight excluding hydrogens is 257 g/mol. The fourth-order valence-electron chi connectivity index (χ4n) is 1.21. The molecule has 0 bridgehead atoms. The zero-order valence-electron chi connectivity index (χ0n) is 7.82. The predicted molar refractivity (Wildman–Crippen MR) is 53.6 cm³/mol. The van der Waals surface area contributed by atoms with Gasteiger partial charge >= 0.3 is 6.18 Å². The van der Waals surface area contributed by atoms with Gasteiger partial charge in [0, 0.05) is 0 Å². The van der Waals surface area contributed by atoms with Crippen molar-refractivity contribution in [3.63, 3.8) is 0 Å². The molecule has 0 spiro atoms. The van der Waals surface area contributed by atoms with Crippen LogP contribution in [0.3, 0.4) is 0 Å². The molecule has 0 aromatic heterocycles. The second-order valence-corrected chi connectivity index (χ2v) is 4.18. The van der Waals surface area contributed by atoms with Crippen LogP contribution in [0.4, 0.5) is 13.2 Å². The lowest BCUT2D eigenvalue weighted by atomic mass is 10.0. The molecule has 0 fully saturated rings. The van der Waals surface area contributed by atoms with Crippen molar-refractivity contribution in [2.24, 2.45) is 0 Å². The van der Waals surface area contributed by atoms with Crippen molar-refractivity contribution < 1.29 is 13.2 Å². The molecule has 0 amide bonds. The van der Waals surface area contributed by atoms with Gasteiger partial charge in [0.25, 0.3) is 0 Å². The standard InChI is InChI=1S/C10H10BrF3/c1-6-3-4-7(2)8(5-6)9(11)10(12,13)14/h3-5,9H,1-2H3. The fraction of sp³-hybridized carbons (Fsp3) is 0.400. The molecule has 1 aromatic rings. The first-order valence-corrected chi connectivity index (χ1v) is 5.02. The molecule has 78 valence electrons. The smallest absolute Gasteiger partial charge is 0.169 e. The predicted octanol–water partition coefficient (Wildman–Crippen LogP) is 4.30. The molecule has 1 atom stereocenters. The van der Waals surface area contributed by atoms with Crippen LogP contribution in [0.2, 0.25) is 0 Å². The Kier molecular flexibility index (Phi) is 3.24. The Morgan fingerprint density at radius 1 is 1.21 bits per heavy atom. The molecule has 0 N–H and O–H groups in total. The van der Waals surface area contributed by atoms with Crippen molar-refractivity contribution >= 4 is 15.9 Å². The topological polar surface area (TPSA) is 0 Å². The van der Waals surface area contributed by atoms with Crippen LogP contribution in [-0.2, 0) is 0 Å². The van der Waals surface area contributed by atoms with Gasteiger partial charge in [0.2, 0.25) is 0 Å². The highest BCUT2D eigenvalue weighted by Crippen LogP contribution is 2.40. The quantitative estimate of drug-likeness (QED) is 0.665. The summed E-state index contributed by atoms with van der Waals surface area (Å²) in [5.41, 5.74) is 1.77. The summed E-state index contributed by atoms with van der Waals surface area (Å²) in [7, 11) is 0. The second-order valence-electron chi connectivity index (χ2n) is 3.26. The van der Waals surface area contributed by atoms with E-state index in [0.717, 1.165) is 5.56 Å². The molecule has 0 aliphatic rings. The first-order valence-electron chi connectivity index (χ1n) is 4.10. The Morgan fingerprint density at radius 3 is 2.29 bits per heavy atom. The summed E-state index contributed by atoms with van der Waals surface area (Å²) in [4.78, 5) is -1.57. The number of rotatable bonds is 1. The largest absolute Gasteiger partial charge is 0.405 e. The van der Waals surface area contributed by atoms with E-state index in [1.54, 1.807) is 32.0 Å². The van der Waals surface area contributed by atoms with Gasteiger partial charge < -0.3 is 0 Å².